The number of amides is 3. The first kappa shape index (κ1) is 23.3. The first-order valence-corrected chi connectivity index (χ1v) is 11.7. The smallest absolute Gasteiger partial charge is 0.291 e. The van der Waals surface area contributed by atoms with Gasteiger partial charge in [-0.05, 0) is 48.7 Å². The predicted molar refractivity (Wildman–Crippen MR) is 122 cm³/mol. The number of nitrogens with two attached hydrogens (primary N) is 1. The van der Waals surface area contributed by atoms with E-state index in [0.29, 0.717) is 22.0 Å². The molecule has 0 aromatic heterocycles. The predicted octanol–water partition coefficient (Wildman–Crippen LogP) is 0.0815. The molecule has 3 aliphatic rings. The highest BCUT2D eigenvalue weighted by atomic mass is 35.5. The number of imide groups is 1. The zero-order chi connectivity index (χ0) is 25.1. The summed E-state index contributed by atoms with van der Waals surface area (Å²) in [5.41, 5.74) is 1.18. The molecule has 9 nitrogen and oxygen atoms in total. The minimum absolute atomic E-state index is 0.0427. The molecule has 2 aromatic carbocycles. The van der Waals surface area contributed by atoms with Gasteiger partial charge in [-0.2, -0.15) is 0 Å². The lowest BCUT2D eigenvalue weighted by Crippen LogP contribution is -2.99. The van der Waals surface area contributed by atoms with Gasteiger partial charge in [0, 0.05) is 23.0 Å². The van der Waals surface area contributed by atoms with E-state index in [2.05, 4.69) is 5.32 Å². The van der Waals surface area contributed by atoms with Crippen molar-refractivity contribution in [2.24, 2.45) is 11.8 Å². The summed E-state index contributed by atoms with van der Waals surface area (Å²) < 4.78 is 5.17. The number of carboxylic acid groups (broad SMARTS) is 1. The van der Waals surface area contributed by atoms with Crippen LogP contribution in [0, 0.1) is 18.8 Å². The van der Waals surface area contributed by atoms with Crippen molar-refractivity contribution >= 4 is 41.0 Å². The quantitative estimate of drug-likeness (QED) is 0.543. The van der Waals surface area contributed by atoms with Crippen LogP contribution in [0.5, 0.6) is 5.75 Å². The molecular weight excluding hydrogens is 474 g/mol. The molecule has 0 aliphatic carbocycles. The lowest BCUT2D eigenvalue weighted by atomic mass is 9.76. The number of carbonyl (C=O) groups excluding carboxylic acids is 4. The standard InChI is InChI=1S/C25H24ClN3O6/c1-12-9-14(26)10-16-21(12)27-24(34)25(16)20-19(17(28-25)7-8-18(30)31)22(32)29(23(20)33)11-13-3-5-15(35-2)6-4-13/h3-6,9-10,17,19-20,28H,7-8,11H2,1-2H3,(H,27,34)(H,30,31)/t17-,19-,20+,25+/m1/s1. The van der Waals surface area contributed by atoms with Crippen molar-refractivity contribution < 1.29 is 34.3 Å². The molecule has 182 valence electrons. The third kappa shape index (κ3) is 3.49. The van der Waals surface area contributed by atoms with E-state index in [1.54, 1.807) is 48.8 Å². The van der Waals surface area contributed by atoms with E-state index in [-0.39, 0.29) is 19.4 Å². The van der Waals surface area contributed by atoms with Crippen molar-refractivity contribution in [2.45, 2.75) is 37.9 Å². The van der Waals surface area contributed by atoms with Gasteiger partial charge in [0.2, 0.25) is 17.4 Å². The van der Waals surface area contributed by atoms with E-state index in [1.807, 2.05) is 6.92 Å². The van der Waals surface area contributed by atoms with E-state index in [4.69, 9.17) is 16.3 Å². The maximum Gasteiger partial charge on any atom is 0.291 e. The number of halogens is 1. The summed E-state index contributed by atoms with van der Waals surface area (Å²) in [6, 6.07) is 9.80. The minimum Gasteiger partial charge on any atom is -0.550 e. The van der Waals surface area contributed by atoms with E-state index < -0.39 is 47.1 Å². The maximum absolute atomic E-state index is 13.8. The Morgan fingerprint density at radius 1 is 1.20 bits per heavy atom. The highest BCUT2D eigenvalue weighted by Crippen LogP contribution is 2.51. The van der Waals surface area contributed by atoms with E-state index in [9.17, 15) is 24.3 Å². The number of carboxylic acids is 1. The molecule has 4 atom stereocenters. The molecule has 5 rings (SSSR count). The third-order valence-corrected chi connectivity index (χ3v) is 7.63. The summed E-state index contributed by atoms with van der Waals surface area (Å²) in [6.07, 6.45) is -0.202. The van der Waals surface area contributed by atoms with Crippen LogP contribution in [0.3, 0.4) is 0 Å². The van der Waals surface area contributed by atoms with Crippen LogP contribution in [-0.2, 0) is 31.3 Å². The highest BCUT2D eigenvalue weighted by molar-refractivity contribution is 6.31. The van der Waals surface area contributed by atoms with Crippen molar-refractivity contribution in [3.8, 4) is 5.75 Å². The number of aliphatic carboxylic acids is 1. The third-order valence-electron chi connectivity index (χ3n) is 7.41. The molecule has 10 heteroatoms. The summed E-state index contributed by atoms with van der Waals surface area (Å²) >= 11 is 6.33. The van der Waals surface area contributed by atoms with Crippen LogP contribution in [0.1, 0.15) is 29.5 Å². The number of fused-ring (bicyclic) bond motifs is 4. The number of methoxy groups -OCH3 is 1. The first-order chi connectivity index (χ1) is 16.7. The Morgan fingerprint density at radius 3 is 2.57 bits per heavy atom. The number of hydrogen-bond acceptors (Lipinski definition) is 6. The Kier molecular flexibility index (Phi) is 5.56. The van der Waals surface area contributed by atoms with Crippen molar-refractivity contribution in [1.29, 1.82) is 0 Å². The normalized spacial score (nSPS) is 26.8. The minimum atomic E-state index is -1.41. The van der Waals surface area contributed by atoms with Gasteiger partial charge in [-0.25, -0.2) is 0 Å². The second-order valence-corrected chi connectivity index (χ2v) is 9.76. The largest absolute Gasteiger partial charge is 0.550 e. The van der Waals surface area contributed by atoms with Gasteiger partial charge in [-0.15, -0.1) is 0 Å². The topological polar surface area (TPSA) is 132 Å². The Bertz CT molecular complexity index is 1260. The molecular formula is C25H24ClN3O6. The van der Waals surface area contributed by atoms with Crippen LogP contribution in [0.4, 0.5) is 5.69 Å². The van der Waals surface area contributed by atoms with Crippen molar-refractivity contribution in [3.05, 3.63) is 58.1 Å². The number of ether oxygens (including phenoxy) is 1. The number of quaternary nitrogens is 1. The molecule has 0 saturated carbocycles. The molecule has 1 spiro atoms. The molecule has 2 saturated heterocycles. The molecule has 2 aromatic rings. The fourth-order valence-electron chi connectivity index (χ4n) is 5.87. The average Bonchev–Trinajstić information content (AvgIpc) is 3.39. The summed E-state index contributed by atoms with van der Waals surface area (Å²) in [7, 11) is 1.55. The second-order valence-electron chi connectivity index (χ2n) is 9.32. The van der Waals surface area contributed by atoms with Crippen LogP contribution in [-0.4, -0.2) is 41.7 Å². The van der Waals surface area contributed by atoms with Gasteiger partial charge in [-0.1, -0.05) is 23.7 Å². The lowest BCUT2D eigenvalue weighted by Gasteiger charge is -2.26. The van der Waals surface area contributed by atoms with Crippen LogP contribution >= 0.6 is 11.6 Å². The number of benzene rings is 2. The van der Waals surface area contributed by atoms with Gasteiger partial charge in [0.25, 0.3) is 5.91 Å². The monoisotopic (exact) mass is 497 g/mol. The number of hydrogen-bond donors (Lipinski definition) is 2. The molecule has 3 aliphatic heterocycles. The number of aryl methyl sites for hydroxylation is 1. The summed E-state index contributed by atoms with van der Waals surface area (Å²) in [5.74, 6) is -3.72. The van der Waals surface area contributed by atoms with Crippen molar-refractivity contribution in [2.75, 3.05) is 12.4 Å². The van der Waals surface area contributed by atoms with Gasteiger partial charge < -0.3 is 25.3 Å². The zero-order valence-corrected chi connectivity index (χ0v) is 19.9. The summed E-state index contributed by atoms with van der Waals surface area (Å²) in [4.78, 5) is 53.4. The Labute approximate surface area is 206 Å². The van der Waals surface area contributed by atoms with Gasteiger partial charge in [0.05, 0.1) is 19.3 Å². The van der Waals surface area contributed by atoms with E-state index in [0.717, 1.165) is 11.1 Å². The SMILES string of the molecule is COc1ccc(CN2C(=O)[C@H]3[C@@H](C2=O)[C@]2([NH2+][C@@H]3CCC(=O)[O-])C(=O)Nc3c(C)cc(Cl)cc32)cc1. The van der Waals surface area contributed by atoms with Crippen LogP contribution in [0.2, 0.25) is 5.02 Å². The zero-order valence-electron chi connectivity index (χ0n) is 19.2. The lowest BCUT2D eigenvalue weighted by molar-refractivity contribution is -0.734. The number of nitrogens with zero attached hydrogens (tertiary/aromatic N) is 1. The van der Waals surface area contributed by atoms with Crippen LogP contribution in [0.15, 0.2) is 36.4 Å². The molecule has 2 fully saturated rings. The number of nitrogens with one attached hydrogen (secondary N) is 1. The van der Waals surface area contributed by atoms with E-state index >= 15 is 0 Å². The number of rotatable bonds is 6. The number of anilines is 1. The van der Waals surface area contributed by atoms with Crippen LogP contribution in [0.25, 0.3) is 0 Å². The molecule has 35 heavy (non-hydrogen) atoms. The van der Waals surface area contributed by atoms with Gasteiger partial charge in [-0.3, -0.25) is 19.3 Å². The summed E-state index contributed by atoms with van der Waals surface area (Å²) in [5, 5.41) is 16.2. The maximum atomic E-state index is 13.8. The molecule has 3 heterocycles. The van der Waals surface area contributed by atoms with Gasteiger partial charge >= 0.3 is 0 Å². The molecule has 0 bridgehead atoms. The Balaban J connectivity index is 1.58. The number of carbonyl (C=O) groups is 4. The van der Waals surface area contributed by atoms with Gasteiger partial charge in [0.1, 0.15) is 23.6 Å². The molecule has 3 N–H and O–H groups in total. The summed E-state index contributed by atoms with van der Waals surface area (Å²) in [6.45, 7) is 1.85. The van der Waals surface area contributed by atoms with E-state index in [1.165, 1.54) is 4.90 Å². The van der Waals surface area contributed by atoms with Crippen LogP contribution < -0.4 is 20.5 Å². The molecule has 0 radical (unpaired) electrons. The molecule has 3 amide bonds. The second kappa shape index (κ2) is 8.35. The fraction of sp³-hybridized carbons (Fsp3) is 0.360. The average molecular weight is 498 g/mol. The Hall–Kier alpha value is -3.43. The number of likely N-dealkylation sites (tertiary alicyclic amines) is 1. The van der Waals surface area contributed by atoms with Gasteiger partial charge in [0.15, 0.2) is 0 Å². The first-order valence-electron chi connectivity index (χ1n) is 11.3. The highest BCUT2D eigenvalue weighted by Gasteiger charge is 2.74. The fourth-order valence-corrected chi connectivity index (χ4v) is 6.14. The van der Waals surface area contributed by atoms with Crippen molar-refractivity contribution in [1.82, 2.24) is 4.90 Å². The van der Waals surface area contributed by atoms with Crippen molar-refractivity contribution in [3.63, 3.8) is 0 Å². The Morgan fingerprint density at radius 2 is 1.91 bits per heavy atom. The molecule has 0 unspecified atom stereocenters.